The summed E-state index contributed by atoms with van der Waals surface area (Å²) in [5.41, 5.74) is 0.791. The Morgan fingerprint density at radius 2 is 2.18 bits per heavy atom. The SMILES string of the molecule is OC1COOc2ccccc21. The highest BCUT2D eigenvalue weighted by Gasteiger charge is 2.19. The maximum absolute atomic E-state index is 9.36. The first-order valence-corrected chi connectivity index (χ1v) is 3.44. The molecule has 1 atom stereocenters. The molecule has 0 fully saturated rings. The van der Waals surface area contributed by atoms with E-state index < -0.39 is 6.10 Å². The summed E-state index contributed by atoms with van der Waals surface area (Å²) in [6, 6.07) is 7.28. The number of rotatable bonds is 0. The number of benzene rings is 1. The monoisotopic (exact) mass is 152 g/mol. The van der Waals surface area contributed by atoms with Gasteiger partial charge in [-0.15, -0.1) is 0 Å². The van der Waals surface area contributed by atoms with Crippen LogP contribution < -0.4 is 4.89 Å². The predicted octanol–water partition coefficient (Wildman–Crippen LogP) is 1.04. The Morgan fingerprint density at radius 1 is 1.36 bits per heavy atom. The molecular weight excluding hydrogens is 144 g/mol. The molecule has 0 bridgehead atoms. The first kappa shape index (κ1) is 6.64. The van der Waals surface area contributed by atoms with E-state index in [4.69, 9.17) is 4.89 Å². The summed E-state index contributed by atoms with van der Waals surface area (Å²) < 4.78 is 0. The smallest absolute Gasteiger partial charge is 0.171 e. The van der Waals surface area contributed by atoms with Crippen LogP contribution in [0, 0.1) is 0 Å². The molecular formula is C8H8O3. The minimum atomic E-state index is -0.556. The fourth-order valence-electron chi connectivity index (χ4n) is 1.08. The number of para-hydroxylation sites is 1. The average molecular weight is 152 g/mol. The summed E-state index contributed by atoms with van der Waals surface area (Å²) in [7, 11) is 0. The molecule has 0 aliphatic carbocycles. The van der Waals surface area contributed by atoms with Gasteiger partial charge in [-0.1, -0.05) is 18.2 Å². The van der Waals surface area contributed by atoms with Crippen LogP contribution in [0.5, 0.6) is 5.75 Å². The van der Waals surface area contributed by atoms with Crippen molar-refractivity contribution in [3.8, 4) is 5.75 Å². The van der Waals surface area contributed by atoms with Crippen LogP contribution in [0.4, 0.5) is 0 Å². The van der Waals surface area contributed by atoms with Gasteiger partial charge in [0.15, 0.2) is 5.75 Å². The lowest BCUT2D eigenvalue weighted by atomic mass is 10.1. The third-order valence-electron chi connectivity index (χ3n) is 1.65. The molecule has 1 unspecified atom stereocenters. The highest BCUT2D eigenvalue weighted by Crippen LogP contribution is 2.28. The van der Waals surface area contributed by atoms with Gasteiger partial charge in [0.1, 0.15) is 12.7 Å². The molecule has 1 heterocycles. The van der Waals surface area contributed by atoms with Gasteiger partial charge in [-0.2, -0.15) is 4.89 Å². The van der Waals surface area contributed by atoms with Crippen molar-refractivity contribution in [3.63, 3.8) is 0 Å². The van der Waals surface area contributed by atoms with E-state index in [1.807, 2.05) is 18.2 Å². The summed E-state index contributed by atoms with van der Waals surface area (Å²) in [4.78, 5) is 9.49. The second-order valence-electron chi connectivity index (χ2n) is 2.42. The number of aliphatic hydroxyl groups is 1. The standard InChI is InChI=1S/C8H8O3/c9-7-5-10-11-8-4-2-1-3-6(7)8/h1-4,7,9H,5H2. The molecule has 1 aromatic carbocycles. The zero-order valence-electron chi connectivity index (χ0n) is 5.86. The lowest BCUT2D eigenvalue weighted by Crippen LogP contribution is -2.16. The van der Waals surface area contributed by atoms with Crippen molar-refractivity contribution in [2.75, 3.05) is 6.61 Å². The van der Waals surface area contributed by atoms with Crippen molar-refractivity contribution in [1.29, 1.82) is 0 Å². The minimum Gasteiger partial charge on any atom is -0.386 e. The van der Waals surface area contributed by atoms with Gasteiger partial charge in [0.05, 0.1) is 0 Å². The summed E-state index contributed by atoms with van der Waals surface area (Å²) in [5, 5.41) is 9.36. The molecule has 0 amide bonds. The van der Waals surface area contributed by atoms with Gasteiger partial charge in [0.25, 0.3) is 0 Å². The maximum Gasteiger partial charge on any atom is 0.171 e. The molecule has 0 radical (unpaired) electrons. The molecule has 1 N–H and O–H groups in total. The van der Waals surface area contributed by atoms with Crippen molar-refractivity contribution in [1.82, 2.24) is 0 Å². The van der Waals surface area contributed by atoms with Crippen LogP contribution >= 0.6 is 0 Å². The Morgan fingerprint density at radius 3 is 3.00 bits per heavy atom. The normalized spacial score (nSPS) is 22.1. The first-order valence-electron chi connectivity index (χ1n) is 3.44. The average Bonchev–Trinajstić information content (AvgIpc) is 2.06. The lowest BCUT2D eigenvalue weighted by molar-refractivity contribution is -0.238. The second kappa shape index (κ2) is 2.53. The van der Waals surface area contributed by atoms with E-state index in [2.05, 4.69) is 4.89 Å². The molecule has 1 aliphatic rings. The Kier molecular flexibility index (Phi) is 1.52. The number of hydrogen-bond donors (Lipinski definition) is 1. The van der Waals surface area contributed by atoms with E-state index in [0.29, 0.717) is 5.75 Å². The predicted molar refractivity (Wildman–Crippen MR) is 38.0 cm³/mol. The molecule has 1 aromatic rings. The fourth-order valence-corrected chi connectivity index (χ4v) is 1.08. The van der Waals surface area contributed by atoms with Crippen LogP contribution in [0.2, 0.25) is 0 Å². The second-order valence-corrected chi connectivity index (χ2v) is 2.42. The van der Waals surface area contributed by atoms with Gasteiger partial charge in [0.2, 0.25) is 0 Å². The van der Waals surface area contributed by atoms with E-state index >= 15 is 0 Å². The first-order chi connectivity index (χ1) is 5.38. The zero-order valence-corrected chi connectivity index (χ0v) is 5.86. The molecule has 0 spiro atoms. The van der Waals surface area contributed by atoms with Crippen LogP contribution in [0.25, 0.3) is 0 Å². The van der Waals surface area contributed by atoms with Gasteiger partial charge >= 0.3 is 0 Å². The minimum absolute atomic E-state index is 0.205. The van der Waals surface area contributed by atoms with Gasteiger partial charge in [-0.05, 0) is 6.07 Å². The Balaban J connectivity index is 2.44. The summed E-state index contributed by atoms with van der Waals surface area (Å²) in [6.07, 6.45) is -0.556. The Bertz CT molecular complexity index is 259. The highest BCUT2D eigenvalue weighted by molar-refractivity contribution is 5.35. The van der Waals surface area contributed by atoms with Crippen molar-refractivity contribution < 1.29 is 14.9 Å². The zero-order chi connectivity index (χ0) is 7.68. The molecule has 3 heteroatoms. The topological polar surface area (TPSA) is 38.7 Å². The van der Waals surface area contributed by atoms with Crippen LogP contribution in [-0.4, -0.2) is 11.7 Å². The van der Waals surface area contributed by atoms with Crippen LogP contribution in [0.1, 0.15) is 11.7 Å². The third-order valence-corrected chi connectivity index (χ3v) is 1.65. The molecule has 1 aliphatic heterocycles. The fraction of sp³-hybridized carbons (Fsp3) is 0.250. The van der Waals surface area contributed by atoms with Crippen molar-refractivity contribution in [2.24, 2.45) is 0 Å². The van der Waals surface area contributed by atoms with E-state index in [0.717, 1.165) is 5.56 Å². The van der Waals surface area contributed by atoms with Gasteiger partial charge in [0, 0.05) is 5.56 Å². The van der Waals surface area contributed by atoms with E-state index in [1.54, 1.807) is 6.07 Å². The molecule has 3 nitrogen and oxygen atoms in total. The van der Waals surface area contributed by atoms with E-state index in [-0.39, 0.29) is 6.61 Å². The highest BCUT2D eigenvalue weighted by atomic mass is 17.2. The Labute approximate surface area is 64.1 Å². The lowest BCUT2D eigenvalue weighted by Gasteiger charge is -2.19. The van der Waals surface area contributed by atoms with Crippen LogP contribution in [0.3, 0.4) is 0 Å². The van der Waals surface area contributed by atoms with Gasteiger partial charge in [-0.25, -0.2) is 0 Å². The maximum atomic E-state index is 9.36. The Hall–Kier alpha value is -1.06. The molecule has 0 saturated carbocycles. The van der Waals surface area contributed by atoms with Crippen LogP contribution in [-0.2, 0) is 4.89 Å². The van der Waals surface area contributed by atoms with Gasteiger partial charge in [-0.3, -0.25) is 0 Å². The quantitative estimate of drug-likeness (QED) is 0.564. The summed E-state index contributed by atoms with van der Waals surface area (Å²) >= 11 is 0. The van der Waals surface area contributed by atoms with Crippen molar-refractivity contribution in [2.45, 2.75) is 6.10 Å². The van der Waals surface area contributed by atoms with Gasteiger partial charge < -0.3 is 9.99 Å². The molecule has 58 valence electrons. The molecule has 11 heavy (non-hydrogen) atoms. The molecule has 0 aromatic heterocycles. The van der Waals surface area contributed by atoms with Crippen LogP contribution in [0.15, 0.2) is 24.3 Å². The third kappa shape index (κ3) is 1.08. The number of aliphatic hydroxyl groups excluding tert-OH is 1. The summed E-state index contributed by atoms with van der Waals surface area (Å²) in [5.74, 6) is 0.603. The summed E-state index contributed by atoms with van der Waals surface area (Å²) in [6.45, 7) is 0.205. The van der Waals surface area contributed by atoms with Crippen molar-refractivity contribution >= 4 is 0 Å². The largest absolute Gasteiger partial charge is 0.386 e. The number of fused-ring (bicyclic) bond motifs is 1. The molecule has 2 rings (SSSR count). The molecule has 0 saturated heterocycles. The van der Waals surface area contributed by atoms with E-state index in [9.17, 15) is 5.11 Å². The number of hydrogen-bond acceptors (Lipinski definition) is 3. The van der Waals surface area contributed by atoms with E-state index in [1.165, 1.54) is 0 Å². The van der Waals surface area contributed by atoms with Crippen molar-refractivity contribution in [3.05, 3.63) is 29.8 Å².